The number of ether oxygens (including phenoxy) is 2. The molecule has 0 aromatic heterocycles. The van der Waals surface area contributed by atoms with Crippen LogP contribution in [0.1, 0.15) is 84.5 Å². The van der Waals surface area contributed by atoms with Crippen molar-refractivity contribution in [3.63, 3.8) is 0 Å². The molecular weight excluding hydrogens is 479 g/mol. The number of hydrogen-bond acceptors (Lipinski definition) is 6. The number of rotatable bonds is 8. The third-order valence-corrected chi connectivity index (χ3v) is 8.96. The Bertz CT molecular complexity index is 820. The van der Waals surface area contributed by atoms with Gasteiger partial charge in [-0.15, -0.1) is 0 Å². The zero-order valence-corrected chi connectivity index (χ0v) is 21.6. The number of hydrogen-bond donors (Lipinski definition) is 1. The van der Waals surface area contributed by atoms with Crippen molar-refractivity contribution in [2.45, 2.75) is 96.1 Å². The molecule has 3 fully saturated rings. The largest absolute Gasteiger partial charge is 0.461 e. The van der Waals surface area contributed by atoms with Crippen LogP contribution in [0.15, 0.2) is 11.6 Å². The van der Waals surface area contributed by atoms with Crippen LogP contribution >= 0.6 is 11.9 Å². The van der Waals surface area contributed by atoms with E-state index in [9.17, 15) is 22.8 Å². The van der Waals surface area contributed by atoms with Gasteiger partial charge in [0.15, 0.2) is 0 Å². The van der Waals surface area contributed by atoms with Crippen LogP contribution in [0.4, 0.5) is 13.2 Å². The molecule has 0 radical (unpaired) electrons. The third kappa shape index (κ3) is 6.76. The van der Waals surface area contributed by atoms with E-state index < -0.39 is 22.4 Å². The Balaban J connectivity index is 1.39. The van der Waals surface area contributed by atoms with E-state index in [-0.39, 0.29) is 43.0 Å². The third-order valence-electron chi connectivity index (χ3n) is 8.42. The molecule has 3 saturated carbocycles. The van der Waals surface area contributed by atoms with Gasteiger partial charge >= 0.3 is 17.4 Å². The highest BCUT2D eigenvalue weighted by Gasteiger charge is 2.47. The number of carbonyl (C=O) groups excluding carboxylic acids is 2. The van der Waals surface area contributed by atoms with Gasteiger partial charge in [-0.2, -0.15) is 13.2 Å². The predicted octanol–water partition coefficient (Wildman–Crippen LogP) is 6.33. The fraction of sp³-hybridized carbons (Fsp3) is 0.846. The summed E-state index contributed by atoms with van der Waals surface area (Å²) in [6.45, 7) is 3.52. The maximum atomic E-state index is 13.3. The van der Waals surface area contributed by atoms with Crippen LogP contribution in [0, 0.1) is 28.6 Å². The molecule has 1 N–H and O–H groups in total. The molecule has 0 amide bonds. The van der Waals surface area contributed by atoms with Crippen molar-refractivity contribution in [3.05, 3.63) is 11.6 Å². The Morgan fingerprint density at radius 2 is 1.89 bits per heavy atom. The van der Waals surface area contributed by atoms with Crippen molar-refractivity contribution in [2.75, 3.05) is 13.2 Å². The fourth-order valence-electron chi connectivity index (χ4n) is 7.18. The Morgan fingerprint density at radius 1 is 1.17 bits per heavy atom. The normalized spacial score (nSPS) is 35.6. The summed E-state index contributed by atoms with van der Waals surface area (Å²) >= 11 is -0.376. The van der Waals surface area contributed by atoms with Gasteiger partial charge in [-0.1, -0.05) is 37.8 Å². The van der Waals surface area contributed by atoms with Gasteiger partial charge in [0.25, 0.3) is 0 Å². The zero-order chi connectivity index (χ0) is 25.3. The first-order chi connectivity index (χ1) is 16.5. The van der Waals surface area contributed by atoms with E-state index in [1.807, 2.05) is 6.92 Å². The maximum Gasteiger partial charge on any atom is 0.456 e. The molecule has 4 bridgehead atoms. The van der Waals surface area contributed by atoms with Gasteiger partial charge < -0.3 is 9.47 Å². The van der Waals surface area contributed by atoms with E-state index in [0.29, 0.717) is 24.7 Å². The van der Waals surface area contributed by atoms with Crippen molar-refractivity contribution in [3.8, 4) is 0 Å². The highest BCUT2D eigenvalue weighted by atomic mass is 32.2. The van der Waals surface area contributed by atoms with Gasteiger partial charge in [0.2, 0.25) is 0 Å². The summed E-state index contributed by atoms with van der Waals surface area (Å²) in [6, 6.07) is 0. The Kier molecular flexibility index (Phi) is 8.16. The van der Waals surface area contributed by atoms with E-state index >= 15 is 0 Å². The molecule has 5 nitrogen and oxygen atoms in total. The van der Waals surface area contributed by atoms with Crippen LogP contribution in [0.2, 0.25) is 0 Å². The molecule has 198 valence electrons. The molecule has 0 saturated heterocycles. The highest BCUT2D eigenvalue weighted by Crippen LogP contribution is 2.50. The predicted molar refractivity (Wildman–Crippen MR) is 128 cm³/mol. The molecule has 4 aliphatic rings. The second kappa shape index (κ2) is 10.6. The van der Waals surface area contributed by atoms with Crippen molar-refractivity contribution >= 4 is 23.9 Å². The van der Waals surface area contributed by atoms with Crippen LogP contribution in [0.5, 0.6) is 0 Å². The van der Waals surface area contributed by atoms with Crippen LogP contribution in [0.3, 0.4) is 0 Å². The molecule has 0 heterocycles. The van der Waals surface area contributed by atoms with Crippen molar-refractivity contribution < 1.29 is 32.2 Å². The van der Waals surface area contributed by atoms with Gasteiger partial charge in [-0.05, 0) is 76.0 Å². The summed E-state index contributed by atoms with van der Waals surface area (Å²) in [6.07, 6.45) is 11.4. The molecule has 0 aromatic carbocycles. The van der Waals surface area contributed by atoms with Crippen molar-refractivity contribution in [2.24, 2.45) is 28.6 Å². The molecule has 9 heteroatoms. The minimum Gasteiger partial charge on any atom is -0.461 e. The minimum atomic E-state index is -4.46. The van der Waals surface area contributed by atoms with Gasteiger partial charge in [-0.3, -0.25) is 14.3 Å². The van der Waals surface area contributed by atoms with Gasteiger partial charge in [-0.25, -0.2) is 0 Å². The number of carbonyl (C=O) groups is 2. The Hall–Kier alpha value is -1.22. The summed E-state index contributed by atoms with van der Waals surface area (Å²) in [5.41, 5.74) is -4.39. The second-order valence-electron chi connectivity index (χ2n) is 11.7. The van der Waals surface area contributed by atoms with Crippen molar-refractivity contribution in [1.82, 2.24) is 4.72 Å². The standard InChI is InChI=1S/C26H38F3NO4S/c1-17-9-18-7-4-8-25(11-17,14-18)23(32)33-16-21(15-30-35-26(27,28)29)34-22(31)24(2)12-19-5-3-6-20(10-19)13-24/h9,17,19-21,30H,3-8,10-16H2,1-2H3. The number of alkyl halides is 3. The number of nitrogens with one attached hydrogen (secondary N) is 1. The number of fused-ring (bicyclic) bond motifs is 4. The maximum absolute atomic E-state index is 13.3. The Labute approximate surface area is 210 Å². The lowest BCUT2D eigenvalue weighted by atomic mass is 9.61. The fourth-order valence-corrected chi connectivity index (χ4v) is 7.61. The lowest BCUT2D eigenvalue weighted by Gasteiger charge is -2.44. The molecule has 35 heavy (non-hydrogen) atoms. The van der Waals surface area contributed by atoms with Crippen LogP contribution < -0.4 is 4.72 Å². The molecule has 0 aromatic rings. The van der Waals surface area contributed by atoms with Crippen LogP contribution in [0.25, 0.3) is 0 Å². The number of halogens is 3. The SMILES string of the molecule is CC1C=C2CCCC(C(=O)OCC(CNSC(F)(F)F)OC(=O)C3(C)CC4CCCC(C4)C3)(C2)C1. The van der Waals surface area contributed by atoms with E-state index in [0.717, 1.165) is 51.4 Å². The minimum absolute atomic E-state index is 0.242. The molecule has 4 rings (SSSR count). The first kappa shape index (κ1) is 26.8. The van der Waals surface area contributed by atoms with E-state index in [1.165, 1.54) is 12.0 Å². The van der Waals surface area contributed by atoms with E-state index in [4.69, 9.17) is 9.47 Å². The molecule has 5 atom stereocenters. The monoisotopic (exact) mass is 517 g/mol. The summed E-state index contributed by atoms with van der Waals surface area (Å²) in [4.78, 5) is 26.5. The topological polar surface area (TPSA) is 64.6 Å². The zero-order valence-electron chi connectivity index (χ0n) is 20.8. The summed E-state index contributed by atoms with van der Waals surface area (Å²) in [7, 11) is 0. The molecule has 5 unspecified atom stereocenters. The summed E-state index contributed by atoms with van der Waals surface area (Å²) in [5, 5.41) is 0. The summed E-state index contributed by atoms with van der Waals surface area (Å²) in [5.74, 6) is 0.571. The van der Waals surface area contributed by atoms with E-state index in [1.54, 1.807) is 0 Å². The Morgan fingerprint density at radius 3 is 2.57 bits per heavy atom. The average Bonchev–Trinajstić information content (AvgIpc) is 2.75. The molecule has 0 spiro atoms. The second-order valence-corrected chi connectivity index (χ2v) is 12.7. The van der Waals surface area contributed by atoms with Gasteiger partial charge in [0.05, 0.1) is 10.8 Å². The van der Waals surface area contributed by atoms with E-state index in [2.05, 4.69) is 17.7 Å². The molecular formula is C26H38F3NO4S. The van der Waals surface area contributed by atoms with Crippen LogP contribution in [-0.2, 0) is 19.1 Å². The first-order valence-corrected chi connectivity index (χ1v) is 13.8. The van der Waals surface area contributed by atoms with Gasteiger partial charge in [0, 0.05) is 18.5 Å². The van der Waals surface area contributed by atoms with Gasteiger partial charge in [0.1, 0.15) is 12.7 Å². The first-order valence-electron chi connectivity index (χ1n) is 13.0. The number of allylic oxidation sites excluding steroid dienone is 2. The van der Waals surface area contributed by atoms with Crippen LogP contribution in [-0.4, -0.2) is 36.7 Å². The molecule has 4 aliphatic carbocycles. The number of esters is 2. The quantitative estimate of drug-likeness (QED) is 0.231. The average molecular weight is 518 g/mol. The smallest absolute Gasteiger partial charge is 0.456 e. The lowest BCUT2D eigenvalue weighted by molar-refractivity contribution is -0.175. The molecule has 0 aliphatic heterocycles. The summed E-state index contributed by atoms with van der Waals surface area (Å²) < 4.78 is 51.7. The van der Waals surface area contributed by atoms with Crippen molar-refractivity contribution in [1.29, 1.82) is 0 Å². The lowest BCUT2D eigenvalue weighted by Crippen LogP contribution is -2.45. The highest BCUT2D eigenvalue weighted by molar-refractivity contribution is 7.98.